The zero-order valence-electron chi connectivity index (χ0n) is 17.1. The van der Waals surface area contributed by atoms with Crippen LogP contribution in [0.1, 0.15) is 30.4 Å². The van der Waals surface area contributed by atoms with Crippen LogP contribution < -0.4 is 15.4 Å². The molecule has 2 N–H and O–H groups in total. The number of aromatic nitrogens is 1. The molecule has 0 aliphatic carbocycles. The van der Waals surface area contributed by atoms with Gasteiger partial charge in [0.15, 0.2) is 5.96 Å². The standard InChI is InChI=1S/C20H30N4O3.HI/c1-5-21-20(22-11-10-19-15(2)24-27-16(19)3)23-17-8-6-9-18(14-17)26-13-7-12-25-4;/h6,8-9,14H,5,7,10-13H2,1-4H3,(H2,21,22,23);1H. The number of aryl methyl sites for hydroxylation is 2. The molecule has 0 aliphatic rings. The summed E-state index contributed by atoms with van der Waals surface area (Å²) in [6.07, 6.45) is 1.65. The van der Waals surface area contributed by atoms with Crippen molar-refractivity contribution < 1.29 is 14.0 Å². The third kappa shape index (κ3) is 8.05. The highest BCUT2D eigenvalue weighted by Gasteiger charge is 2.08. The van der Waals surface area contributed by atoms with Crippen LogP contribution >= 0.6 is 24.0 Å². The molecule has 0 amide bonds. The summed E-state index contributed by atoms with van der Waals surface area (Å²) in [6, 6.07) is 7.86. The van der Waals surface area contributed by atoms with Gasteiger partial charge >= 0.3 is 0 Å². The van der Waals surface area contributed by atoms with Gasteiger partial charge in [-0.05, 0) is 39.3 Å². The molecular formula is C20H31IN4O3. The van der Waals surface area contributed by atoms with Crippen molar-refractivity contribution in [3.8, 4) is 5.75 Å². The molecule has 0 saturated heterocycles. The molecule has 1 aromatic carbocycles. The second-order valence-corrected chi connectivity index (χ2v) is 6.16. The van der Waals surface area contributed by atoms with Gasteiger partial charge in [0.1, 0.15) is 11.5 Å². The second kappa shape index (κ2) is 13.4. The summed E-state index contributed by atoms with van der Waals surface area (Å²) in [5, 5.41) is 10.6. The molecule has 1 heterocycles. The lowest BCUT2D eigenvalue weighted by Gasteiger charge is -2.13. The van der Waals surface area contributed by atoms with Crippen LogP contribution in [0.3, 0.4) is 0 Å². The first kappa shape index (κ1) is 24.2. The molecule has 0 aliphatic heterocycles. The van der Waals surface area contributed by atoms with Crippen LogP contribution in [0.2, 0.25) is 0 Å². The van der Waals surface area contributed by atoms with E-state index >= 15 is 0 Å². The number of hydrogen-bond acceptors (Lipinski definition) is 5. The SMILES string of the molecule is CCNC(=NCCc1c(C)noc1C)Nc1cccc(OCCCOC)c1.I. The Hall–Kier alpha value is -1.81. The summed E-state index contributed by atoms with van der Waals surface area (Å²) in [7, 11) is 1.69. The first-order valence-corrected chi connectivity index (χ1v) is 9.33. The maximum absolute atomic E-state index is 5.75. The second-order valence-electron chi connectivity index (χ2n) is 6.16. The predicted molar refractivity (Wildman–Crippen MR) is 123 cm³/mol. The first-order valence-electron chi connectivity index (χ1n) is 9.33. The molecule has 0 fully saturated rings. The largest absolute Gasteiger partial charge is 0.493 e. The first-order chi connectivity index (χ1) is 13.1. The maximum Gasteiger partial charge on any atom is 0.195 e. The maximum atomic E-state index is 5.75. The van der Waals surface area contributed by atoms with Crippen molar-refractivity contribution in [1.29, 1.82) is 0 Å². The van der Waals surface area contributed by atoms with Gasteiger partial charge in [-0.25, -0.2) is 0 Å². The lowest BCUT2D eigenvalue weighted by Crippen LogP contribution is -2.30. The highest BCUT2D eigenvalue weighted by atomic mass is 127. The summed E-state index contributed by atoms with van der Waals surface area (Å²) in [4.78, 5) is 4.65. The van der Waals surface area contributed by atoms with Crippen LogP contribution in [-0.2, 0) is 11.2 Å². The smallest absolute Gasteiger partial charge is 0.195 e. The van der Waals surface area contributed by atoms with Gasteiger partial charge in [-0.1, -0.05) is 11.2 Å². The van der Waals surface area contributed by atoms with Gasteiger partial charge in [0.25, 0.3) is 0 Å². The van der Waals surface area contributed by atoms with Crippen LogP contribution in [0.25, 0.3) is 0 Å². The molecule has 0 unspecified atom stereocenters. The van der Waals surface area contributed by atoms with Crippen molar-refractivity contribution in [2.45, 2.75) is 33.6 Å². The normalized spacial score (nSPS) is 11.1. The van der Waals surface area contributed by atoms with E-state index in [1.165, 1.54) is 0 Å². The molecule has 1 aromatic heterocycles. The van der Waals surface area contributed by atoms with Crippen molar-refractivity contribution in [2.75, 3.05) is 38.7 Å². The van der Waals surface area contributed by atoms with Crippen LogP contribution in [0.5, 0.6) is 5.75 Å². The Balaban J connectivity index is 0.00000392. The van der Waals surface area contributed by atoms with E-state index in [1.54, 1.807) is 7.11 Å². The van der Waals surface area contributed by atoms with Gasteiger partial charge in [0.05, 0.1) is 12.3 Å². The van der Waals surface area contributed by atoms with Gasteiger partial charge in [-0.3, -0.25) is 4.99 Å². The highest BCUT2D eigenvalue weighted by Crippen LogP contribution is 2.17. The number of hydrogen-bond donors (Lipinski definition) is 2. The van der Waals surface area contributed by atoms with Crippen LogP contribution in [0.15, 0.2) is 33.8 Å². The topological polar surface area (TPSA) is 80.9 Å². The van der Waals surface area contributed by atoms with Gasteiger partial charge in [0, 0.05) is 50.5 Å². The van der Waals surface area contributed by atoms with E-state index < -0.39 is 0 Å². The Bertz CT molecular complexity index is 714. The van der Waals surface area contributed by atoms with E-state index in [2.05, 4.69) is 20.8 Å². The van der Waals surface area contributed by atoms with Crippen molar-refractivity contribution >= 4 is 35.6 Å². The van der Waals surface area contributed by atoms with E-state index in [1.807, 2.05) is 45.0 Å². The predicted octanol–water partition coefficient (Wildman–Crippen LogP) is 3.94. The van der Waals surface area contributed by atoms with E-state index in [-0.39, 0.29) is 24.0 Å². The number of rotatable bonds is 10. The number of guanidine groups is 1. The van der Waals surface area contributed by atoms with Gasteiger partial charge in [0.2, 0.25) is 0 Å². The average Bonchev–Trinajstić information content (AvgIpc) is 2.98. The molecule has 2 rings (SSSR count). The fourth-order valence-corrected chi connectivity index (χ4v) is 2.64. The summed E-state index contributed by atoms with van der Waals surface area (Å²) in [6.45, 7) is 8.68. The zero-order valence-corrected chi connectivity index (χ0v) is 19.4. The molecule has 0 saturated carbocycles. The summed E-state index contributed by atoms with van der Waals surface area (Å²) in [5.74, 6) is 2.42. The molecule has 28 heavy (non-hydrogen) atoms. The Kier molecular flexibility index (Phi) is 11.6. The highest BCUT2D eigenvalue weighted by molar-refractivity contribution is 14.0. The van der Waals surface area contributed by atoms with Crippen molar-refractivity contribution in [3.05, 3.63) is 41.3 Å². The number of benzene rings is 1. The summed E-state index contributed by atoms with van der Waals surface area (Å²) < 4.78 is 16.0. The lowest BCUT2D eigenvalue weighted by atomic mass is 10.1. The number of halogens is 1. The fraction of sp³-hybridized carbons (Fsp3) is 0.500. The quantitative estimate of drug-likeness (QED) is 0.222. The van der Waals surface area contributed by atoms with Crippen molar-refractivity contribution in [3.63, 3.8) is 0 Å². The lowest BCUT2D eigenvalue weighted by molar-refractivity contribution is 0.172. The summed E-state index contributed by atoms with van der Waals surface area (Å²) in [5.41, 5.74) is 2.98. The van der Waals surface area contributed by atoms with E-state index in [9.17, 15) is 0 Å². The monoisotopic (exact) mass is 502 g/mol. The van der Waals surface area contributed by atoms with E-state index in [0.29, 0.717) is 19.8 Å². The third-order valence-corrected chi connectivity index (χ3v) is 4.02. The van der Waals surface area contributed by atoms with Crippen LogP contribution in [-0.4, -0.2) is 44.5 Å². The zero-order chi connectivity index (χ0) is 19.5. The van der Waals surface area contributed by atoms with Crippen molar-refractivity contribution in [1.82, 2.24) is 10.5 Å². The van der Waals surface area contributed by atoms with Gasteiger partial charge < -0.3 is 24.6 Å². The molecule has 0 bridgehead atoms. The van der Waals surface area contributed by atoms with Gasteiger partial charge in [-0.2, -0.15) is 0 Å². The molecule has 7 nitrogen and oxygen atoms in total. The van der Waals surface area contributed by atoms with Crippen LogP contribution in [0.4, 0.5) is 5.69 Å². The van der Waals surface area contributed by atoms with Crippen LogP contribution in [0, 0.1) is 13.8 Å². The molecular weight excluding hydrogens is 471 g/mol. The summed E-state index contributed by atoms with van der Waals surface area (Å²) >= 11 is 0. The minimum atomic E-state index is 0. The minimum absolute atomic E-state index is 0. The molecule has 156 valence electrons. The Morgan fingerprint density at radius 1 is 1.25 bits per heavy atom. The number of ether oxygens (including phenoxy) is 2. The molecule has 0 atom stereocenters. The van der Waals surface area contributed by atoms with Crippen molar-refractivity contribution in [2.24, 2.45) is 4.99 Å². The van der Waals surface area contributed by atoms with Gasteiger partial charge in [-0.15, -0.1) is 24.0 Å². The number of anilines is 1. The molecule has 2 aromatic rings. The molecule has 0 radical (unpaired) electrons. The molecule has 0 spiro atoms. The average molecular weight is 502 g/mol. The minimum Gasteiger partial charge on any atom is -0.493 e. The van der Waals surface area contributed by atoms with E-state index in [4.69, 9.17) is 14.0 Å². The fourth-order valence-electron chi connectivity index (χ4n) is 2.64. The number of nitrogens with zero attached hydrogens (tertiary/aromatic N) is 2. The number of methoxy groups -OCH3 is 1. The molecule has 8 heteroatoms. The van der Waals surface area contributed by atoms with E-state index in [0.717, 1.165) is 53.8 Å². The number of nitrogens with one attached hydrogen (secondary N) is 2. The Morgan fingerprint density at radius 2 is 2.07 bits per heavy atom. The Labute approximate surface area is 184 Å². The Morgan fingerprint density at radius 3 is 2.75 bits per heavy atom. The third-order valence-electron chi connectivity index (χ3n) is 4.02. The number of aliphatic imine (C=N–C) groups is 1.